The highest BCUT2D eigenvalue weighted by Crippen LogP contribution is 2.24. The number of nitrogens with zero attached hydrogens (tertiary/aromatic N) is 1. The van der Waals surface area contributed by atoms with Gasteiger partial charge in [-0.05, 0) is 54.8 Å². The lowest BCUT2D eigenvalue weighted by atomic mass is 10.1. The van der Waals surface area contributed by atoms with Crippen molar-refractivity contribution in [2.45, 2.75) is 51.6 Å². The predicted molar refractivity (Wildman–Crippen MR) is 124 cm³/mol. The van der Waals surface area contributed by atoms with Gasteiger partial charge in [0.05, 0.1) is 18.1 Å². The number of hydrogen-bond donors (Lipinski definition) is 0. The van der Waals surface area contributed by atoms with Crippen LogP contribution in [-0.4, -0.2) is 43.4 Å². The molecule has 1 fully saturated rings. The van der Waals surface area contributed by atoms with E-state index in [1.54, 1.807) is 41.3 Å². The van der Waals surface area contributed by atoms with Crippen molar-refractivity contribution in [1.29, 1.82) is 0 Å². The van der Waals surface area contributed by atoms with Crippen molar-refractivity contribution in [2.75, 3.05) is 18.1 Å². The SMILES string of the molecule is CCCCCCOc1ccc(C(=O)N(Cc2ccc(Cl)cc2)[C@@H]2CCS(=O)(=O)C2)cc1. The van der Waals surface area contributed by atoms with E-state index in [0.717, 1.165) is 24.2 Å². The molecule has 0 spiro atoms. The van der Waals surface area contributed by atoms with Gasteiger partial charge in [-0.1, -0.05) is 49.9 Å². The molecule has 5 nitrogen and oxygen atoms in total. The van der Waals surface area contributed by atoms with Crippen LogP contribution in [-0.2, 0) is 16.4 Å². The highest BCUT2D eigenvalue weighted by Gasteiger charge is 2.35. The molecule has 0 unspecified atom stereocenters. The fraction of sp³-hybridized carbons (Fsp3) is 0.458. The molecule has 1 atom stereocenters. The Morgan fingerprint density at radius 2 is 1.77 bits per heavy atom. The van der Waals surface area contributed by atoms with Crippen LogP contribution >= 0.6 is 11.6 Å². The number of benzene rings is 2. The third-order valence-corrected chi connectivity index (χ3v) is 7.55. The monoisotopic (exact) mass is 463 g/mol. The molecule has 1 aliphatic heterocycles. The van der Waals surface area contributed by atoms with Gasteiger partial charge in [0, 0.05) is 23.2 Å². The van der Waals surface area contributed by atoms with Crippen molar-refractivity contribution in [3.05, 3.63) is 64.7 Å². The Balaban J connectivity index is 1.70. The summed E-state index contributed by atoms with van der Waals surface area (Å²) < 4.78 is 29.8. The van der Waals surface area contributed by atoms with Gasteiger partial charge in [-0.3, -0.25) is 4.79 Å². The van der Waals surface area contributed by atoms with Crippen molar-refractivity contribution in [2.24, 2.45) is 0 Å². The van der Waals surface area contributed by atoms with Crippen LogP contribution in [0.3, 0.4) is 0 Å². The number of carbonyl (C=O) groups is 1. The molecular weight excluding hydrogens is 434 g/mol. The molecule has 1 amide bonds. The number of amides is 1. The molecule has 1 saturated heterocycles. The lowest BCUT2D eigenvalue weighted by molar-refractivity contribution is 0.0681. The molecule has 0 saturated carbocycles. The molecule has 2 aromatic rings. The molecular formula is C24H30ClNO4S. The molecule has 0 radical (unpaired) electrons. The van der Waals surface area contributed by atoms with Gasteiger partial charge in [0.1, 0.15) is 5.75 Å². The Morgan fingerprint density at radius 1 is 1.06 bits per heavy atom. The van der Waals surface area contributed by atoms with E-state index < -0.39 is 9.84 Å². The molecule has 2 aromatic carbocycles. The number of unbranched alkanes of at least 4 members (excludes halogenated alkanes) is 3. The third kappa shape index (κ3) is 6.97. The maximum Gasteiger partial charge on any atom is 0.254 e. The van der Waals surface area contributed by atoms with E-state index in [1.807, 2.05) is 12.1 Å². The normalized spacial score (nSPS) is 17.4. The minimum Gasteiger partial charge on any atom is -0.494 e. The van der Waals surface area contributed by atoms with Crippen LogP contribution in [0.2, 0.25) is 5.02 Å². The van der Waals surface area contributed by atoms with E-state index in [4.69, 9.17) is 16.3 Å². The van der Waals surface area contributed by atoms with Gasteiger partial charge in [0.25, 0.3) is 5.91 Å². The Bertz CT molecular complexity index is 958. The first-order valence-corrected chi connectivity index (χ1v) is 13.1. The molecule has 3 rings (SSSR count). The molecule has 0 bridgehead atoms. The summed E-state index contributed by atoms with van der Waals surface area (Å²) in [7, 11) is -3.11. The van der Waals surface area contributed by atoms with Gasteiger partial charge in [-0.15, -0.1) is 0 Å². The zero-order chi connectivity index (χ0) is 22.3. The Morgan fingerprint density at radius 3 is 2.39 bits per heavy atom. The predicted octanol–water partition coefficient (Wildman–Crippen LogP) is 5.13. The largest absolute Gasteiger partial charge is 0.494 e. The summed E-state index contributed by atoms with van der Waals surface area (Å²) in [5, 5.41) is 0.621. The van der Waals surface area contributed by atoms with Crippen LogP contribution < -0.4 is 4.74 Å². The van der Waals surface area contributed by atoms with Crippen LogP contribution in [0.15, 0.2) is 48.5 Å². The van der Waals surface area contributed by atoms with E-state index in [1.165, 1.54) is 12.8 Å². The molecule has 1 aliphatic rings. The van der Waals surface area contributed by atoms with Crippen LogP contribution in [0, 0.1) is 0 Å². The summed E-state index contributed by atoms with van der Waals surface area (Å²) in [5.41, 5.74) is 1.44. The molecule has 0 aliphatic carbocycles. The standard InChI is InChI=1S/C24H30ClNO4S/c1-2-3-4-5-15-30-23-12-8-20(9-13-23)24(27)26(22-14-16-31(28,29)18-22)17-19-6-10-21(25)11-7-19/h6-13,22H,2-5,14-18H2,1H3/t22-/m1/s1. The van der Waals surface area contributed by atoms with Crippen LogP contribution in [0.4, 0.5) is 0 Å². The summed E-state index contributed by atoms with van der Waals surface area (Å²) in [5.74, 6) is 0.685. The maximum atomic E-state index is 13.3. The number of hydrogen-bond acceptors (Lipinski definition) is 4. The van der Waals surface area contributed by atoms with Crippen LogP contribution in [0.25, 0.3) is 0 Å². The maximum absolute atomic E-state index is 13.3. The molecule has 31 heavy (non-hydrogen) atoms. The number of halogens is 1. The van der Waals surface area contributed by atoms with Crippen LogP contribution in [0.5, 0.6) is 5.75 Å². The number of sulfone groups is 1. The van der Waals surface area contributed by atoms with Gasteiger partial charge >= 0.3 is 0 Å². The average molecular weight is 464 g/mol. The Kier molecular flexibility index (Phi) is 8.38. The van der Waals surface area contributed by atoms with Gasteiger partial charge in [-0.25, -0.2) is 8.42 Å². The van der Waals surface area contributed by atoms with Gasteiger partial charge in [-0.2, -0.15) is 0 Å². The van der Waals surface area contributed by atoms with E-state index >= 15 is 0 Å². The van der Waals surface area contributed by atoms with Crippen molar-refractivity contribution in [3.63, 3.8) is 0 Å². The zero-order valence-electron chi connectivity index (χ0n) is 17.9. The van der Waals surface area contributed by atoms with Gasteiger partial charge in [0.15, 0.2) is 9.84 Å². The van der Waals surface area contributed by atoms with Crippen molar-refractivity contribution in [3.8, 4) is 5.75 Å². The summed E-state index contributed by atoms with van der Waals surface area (Å²) in [6, 6.07) is 14.1. The number of rotatable bonds is 10. The van der Waals surface area contributed by atoms with Gasteiger partial charge in [0.2, 0.25) is 0 Å². The highest BCUT2D eigenvalue weighted by atomic mass is 35.5. The first-order valence-electron chi connectivity index (χ1n) is 10.9. The summed E-state index contributed by atoms with van der Waals surface area (Å²) in [6.45, 7) is 3.18. The summed E-state index contributed by atoms with van der Waals surface area (Å²) in [6.07, 6.45) is 5.01. The lowest BCUT2D eigenvalue weighted by Crippen LogP contribution is -2.40. The molecule has 0 N–H and O–H groups in total. The van der Waals surface area contributed by atoms with Gasteiger partial charge < -0.3 is 9.64 Å². The number of carbonyl (C=O) groups excluding carboxylic acids is 1. The summed E-state index contributed by atoms with van der Waals surface area (Å²) in [4.78, 5) is 15.0. The van der Waals surface area contributed by atoms with E-state index in [0.29, 0.717) is 30.2 Å². The minimum absolute atomic E-state index is 0.00524. The second-order valence-electron chi connectivity index (χ2n) is 8.05. The Labute approximate surface area is 190 Å². The molecule has 0 aromatic heterocycles. The van der Waals surface area contributed by atoms with Crippen molar-refractivity contribution in [1.82, 2.24) is 4.90 Å². The molecule has 7 heteroatoms. The molecule has 168 valence electrons. The first kappa shape index (κ1) is 23.6. The first-order chi connectivity index (χ1) is 14.9. The quantitative estimate of drug-likeness (QED) is 0.458. The van der Waals surface area contributed by atoms with Crippen LogP contribution in [0.1, 0.15) is 54.9 Å². The second-order valence-corrected chi connectivity index (χ2v) is 10.7. The smallest absolute Gasteiger partial charge is 0.254 e. The Hall–Kier alpha value is -2.05. The van der Waals surface area contributed by atoms with E-state index in [2.05, 4.69) is 6.92 Å². The average Bonchev–Trinajstić information content (AvgIpc) is 3.12. The zero-order valence-corrected chi connectivity index (χ0v) is 19.5. The lowest BCUT2D eigenvalue weighted by Gasteiger charge is -2.28. The van der Waals surface area contributed by atoms with Crippen molar-refractivity contribution < 1.29 is 17.9 Å². The fourth-order valence-corrected chi connectivity index (χ4v) is 5.61. The van der Waals surface area contributed by atoms with E-state index in [-0.39, 0.29) is 23.5 Å². The fourth-order valence-electron chi connectivity index (χ4n) is 3.75. The third-order valence-electron chi connectivity index (χ3n) is 5.54. The number of ether oxygens (including phenoxy) is 1. The minimum atomic E-state index is -3.11. The van der Waals surface area contributed by atoms with Crippen molar-refractivity contribution >= 4 is 27.3 Å². The van der Waals surface area contributed by atoms with E-state index in [9.17, 15) is 13.2 Å². The summed E-state index contributed by atoms with van der Waals surface area (Å²) >= 11 is 5.98. The molecule has 1 heterocycles. The second kappa shape index (κ2) is 11.0. The highest BCUT2D eigenvalue weighted by molar-refractivity contribution is 7.91. The topological polar surface area (TPSA) is 63.7 Å².